The molecule has 0 radical (unpaired) electrons. The minimum atomic E-state index is -4.48. The number of alkyl halides is 3. The molecule has 1 aromatic heterocycles. The van der Waals surface area contributed by atoms with Gasteiger partial charge in [-0.15, -0.1) is 0 Å². The van der Waals surface area contributed by atoms with Crippen molar-refractivity contribution in [2.45, 2.75) is 12.7 Å². The summed E-state index contributed by atoms with van der Waals surface area (Å²) < 4.78 is 38.3. The van der Waals surface area contributed by atoms with Gasteiger partial charge in [-0.1, -0.05) is 53.8 Å². The molecule has 128 valence electrons. The van der Waals surface area contributed by atoms with Gasteiger partial charge in [0.05, 0.1) is 16.6 Å². The van der Waals surface area contributed by atoms with Crippen molar-refractivity contribution in [3.63, 3.8) is 0 Å². The average Bonchev–Trinajstić information content (AvgIpc) is 3.08. The first-order valence-electron chi connectivity index (χ1n) is 7.39. The van der Waals surface area contributed by atoms with Crippen molar-refractivity contribution in [2.75, 3.05) is 5.32 Å². The fraction of sp³-hybridized carbons (Fsp3) is 0.111. The maximum absolute atomic E-state index is 12.8. The van der Waals surface area contributed by atoms with E-state index in [1.807, 2.05) is 30.3 Å². The van der Waals surface area contributed by atoms with Gasteiger partial charge in [-0.25, -0.2) is 4.98 Å². The van der Waals surface area contributed by atoms with Crippen LogP contribution < -0.4 is 5.32 Å². The first kappa shape index (κ1) is 17.2. The van der Waals surface area contributed by atoms with Crippen LogP contribution in [0.2, 0.25) is 0 Å². The fourth-order valence-electron chi connectivity index (χ4n) is 2.21. The van der Waals surface area contributed by atoms with Gasteiger partial charge in [0.15, 0.2) is 5.13 Å². The third-order valence-corrected chi connectivity index (χ3v) is 4.42. The van der Waals surface area contributed by atoms with Crippen molar-refractivity contribution in [2.24, 2.45) is 0 Å². The van der Waals surface area contributed by atoms with Gasteiger partial charge in [0, 0.05) is 12.1 Å². The molecule has 3 rings (SSSR count). The van der Waals surface area contributed by atoms with Crippen molar-refractivity contribution >= 4 is 22.3 Å². The minimum Gasteiger partial charge on any atom is -0.357 e. The van der Waals surface area contributed by atoms with Gasteiger partial charge in [-0.05, 0) is 17.7 Å². The summed E-state index contributed by atoms with van der Waals surface area (Å²) in [7, 11) is 0. The number of anilines is 1. The van der Waals surface area contributed by atoms with Gasteiger partial charge in [-0.2, -0.15) is 13.2 Å². The monoisotopic (exact) mass is 362 g/mol. The highest BCUT2D eigenvalue weighted by molar-refractivity contribution is 7.17. The van der Waals surface area contributed by atoms with Crippen LogP contribution in [0.15, 0.2) is 60.8 Å². The smallest absolute Gasteiger partial charge is 0.357 e. The van der Waals surface area contributed by atoms with Gasteiger partial charge in [-0.3, -0.25) is 4.79 Å². The third kappa shape index (κ3) is 4.24. The van der Waals surface area contributed by atoms with Gasteiger partial charge in [0.1, 0.15) is 0 Å². The predicted octanol–water partition coefficient (Wildman–Crippen LogP) is 5.01. The Balaban J connectivity index is 1.72. The topological polar surface area (TPSA) is 42.0 Å². The van der Waals surface area contributed by atoms with Crippen LogP contribution in [0.3, 0.4) is 0 Å². The van der Waals surface area contributed by atoms with Crippen LogP contribution in [-0.4, -0.2) is 10.8 Å². The number of nitrogens with one attached hydrogen (secondary N) is 1. The third-order valence-electron chi connectivity index (χ3n) is 3.47. The molecule has 0 unspecified atom stereocenters. The summed E-state index contributed by atoms with van der Waals surface area (Å²) >= 11 is 1.12. The van der Waals surface area contributed by atoms with Crippen LogP contribution >= 0.6 is 11.3 Å². The van der Waals surface area contributed by atoms with Crippen molar-refractivity contribution in [1.82, 2.24) is 4.98 Å². The number of benzene rings is 2. The van der Waals surface area contributed by atoms with Crippen molar-refractivity contribution in [3.8, 4) is 0 Å². The number of nitrogens with zero attached hydrogens (tertiary/aromatic N) is 1. The summed E-state index contributed by atoms with van der Waals surface area (Å²) in [5, 5.41) is 3.64. The van der Waals surface area contributed by atoms with E-state index >= 15 is 0 Å². The lowest BCUT2D eigenvalue weighted by atomic mass is 10.1. The van der Waals surface area contributed by atoms with Crippen molar-refractivity contribution in [3.05, 3.63) is 82.4 Å². The minimum absolute atomic E-state index is 0.00640. The fourth-order valence-corrected chi connectivity index (χ4v) is 2.99. The lowest BCUT2D eigenvalue weighted by Gasteiger charge is -2.07. The van der Waals surface area contributed by atoms with E-state index in [9.17, 15) is 18.0 Å². The maximum atomic E-state index is 12.8. The zero-order valence-corrected chi connectivity index (χ0v) is 13.7. The van der Waals surface area contributed by atoms with E-state index in [4.69, 9.17) is 0 Å². The van der Waals surface area contributed by atoms with Gasteiger partial charge in [0.2, 0.25) is 5.78 Å². The molecule has 0 aliphatic heterocycles. The second-order valence-corrected chi connectivity index (χ2v) is 6.31. The van der Waals surface area contributed by atoms with E-state index in [1.54, 1.807) is 0 Å². The van der Waals surface area contributed by atoms with E-state index in [0.717, 1.165) is 29.0 Å². The van der Waals surface area contributed by atoms with E-state index in [-0.39, 0.29) is 10.4 Å². The highest BCUT2D eigenvalue weighted by Gasteiger charge is 2.31. The molecule has 0 atom stereocenters. The summed E-state index contributed by atoms with van der Waals surface area (Å²) in [6.07, 6.45) is -3.10. The summed E-state index contributed by atoms with van der Waals surface area (Å²) in [5.74, 6) is -0.476. The maximum Gasteiger partial charge on any atom is 0.416 e. The molecular formula is C18H13F3N2OS. The molecule has 0 amide bonds. The number of aromatic nitrogens is 1. The van der Waals surface area contributed by atoms with Crippen molar-refractivity contribution < 1.29 is 18.0 Å². The van der Waals surface area contributed by atoms with Gasteiger partial charge in [0.25, 0.3) is 0 Å². The largest absolute Gasteiger partial charge is 0.416 e. The number of hydrogen-bond acceptors (Lipinski definition) is 4. The standard InChI is InChI=1S/C18H13F3N2OS/c19-18(20,21)14-8-4-7-13(9-14)16(24)15-11-23-17(25-15)22-10-12-5-2-1-3-6-12/h1-9,11H,10H2,(H,22,23). The van der Waals surface area contributed by atoms with Gasteiger partial charge < -0.3 is 5.32 Å². The number of thiazole rings is 1. The summed E-state index contributed by atoms with van der Waals surface area (Å²) in [6, 6.07) is 14.1. The zero-order chi connectivity index (χ0) is 17.9. The normalized spacial score (nSPS) is 11.3. The Morgan fingerprint density at radius 3 is 2.56 bits per heavy atom. The number of ketones is 1. The Morgan fingerprint density at radius 2 is 1.84 bits per heavy atom. The first-order valence-corrected chi connectivity index (χ1v) is 8.21. The second kappa shape index (κ2) is 7.06. The Hall–Kier alpha value is -2.67. The number of rotatable bonds is 5. The van der Waals surface area contributed by atoms with E-state index < -0.39 is 17.5 Å². The van der Waals surface area contributed by atoms with Crippen LogP contribution in [0.4, 0.5) is 18.3 Å². The molecule has 0 aliphatic carbocycles. The molecule has 0 saturated heterocycles. The van der Waals surface area contributed by atoms with Crippen LogP contribution in [0.25, 0.3) is 0 Å². The Kier molecular flexibility index (Phi) is 4.85. The quantitative estimate of drug-likeness (QED) is 0.649. The van der Waals surface area contributed by atoms with E-state index in [0.29, 0.717) is 11.7 Å². The molecule has 1 N–H and O–H groups in total. The highest BCUT2D eigenvalue weighted by Crippen LogP contribution is 2.30. The number of hydrogen-bond donors (Lipinski definition) is 1. The number of halogens is 3. The molecule has 0 aliphatic rings. The lowest BCUT2D eigenvalue weighted by Crippen LogP contribution is -2.07. The van der Waals surface area contributed by atoms with Crippen LogP contribution in [0.1, 0.15) is 26.4 Å². The molecule has 3 aromatic rings. The molecule has 3 nitrogen and oxygen atoms in total. The molecule has 2 aromatic carbocycles. The molecule has 0 bridgehead atoms. The molecule has 0 spiro atoms. The van der Waals surface area contributed by atoms with Crippen LogP contribution in [0.5, 0.6) is 0 Å². The molecule has 0 saturated carbocycles. The number of carbonyl (C=O) groups is 1. The highest BCUT2D eigenvalue weighted by atomic mass is 32.1. The second-order valence-electron chi connectivity index (χ2n) is 5.28. The Bertz CT molecular complexity index is 875. The van der Waals surface area contributed by atoms with Crippen LogP contribution in [-0.2, 0) is 12.7 Å². The molecule has 25 heavy (non-hydrogen) atoms. The van der Waals surface area contributed by atoms with Crippen molar-refractivity contribution in [1.29, 1.82) is 0 Å². The molecule has 1 heterocycles. The predicted molar refractivity (Wildman–Crippen MR) is 90.8 cm³/mol. The van der Waals surface area contributed by atoms with E-state index in [1.165, 1.54) is 18.3 Å². The van der Waals surface area contributed by atoms with Crippen LogP contribution in [0, 0.1) is 0 Å². The molecular weight excluding hydrogens is 349 g/mol. The van der Waals surface area contributed by atoms with Gasteiger partial charge >= 0.3 is 6.18 Å². The summed E-state index contributed by atoms with van der Waals surface area (Å²) in [6.45, 7) is 0.547. The summed E-state index contributed by atoms with van der Waals surface area (Å²) in [4.78, 5) is 16.8. The SMILES string of the molecule is O=C(c1cccc(C(F)(F)F)c1)c1cnc(NCc2ccccc2)s1. The zero-order valence-electron chi connectivity index (χ0n) is 12.9. The Labute approximate surface area is 146 Å². The Morgan fingerprint density at radius 1 is 1.08 bits per heavy atom. The average molecular weight is 362 g/mol. The first-order chi connectivity index (χ1) is 11.9. The van der Waals surface area contributed by atoms with E-state index in [2.05, 4.69) is 10.3 Å². The lowest BCUT2D eigenvalue weighted by molar-refractivity contribution is -0.137. The molecule has 0 fully saturated rings. The summed E-state index contributed by atoms with van der Waals surface area (Å²) in [5.41, 5.74) is 0.210. The number of carbonyl (C=O) groups excluding carboxylic acids is 1. The molecule has 7 heteroatoms.